The number of rotatable bonds is 7. The van der Waals surface area contributed by atoms with E-state index in [1.807, 2.05) is 36.4 Å². The molecule has 3 aromatic rings. The number of nitrogens with zero attached hydrogens (tertiary/aromatic N) is 3. The Morgan fingerprint density at radius 1 is 1.23 bits per heavy atom. The zero-order valence-corrected chi connectivity index (χ0v) is 15.5. The Labute approximate surface area is 160 Å². The van der Waals surface area contributed by atoms with Crippen LogP contribution in [0.15, 0.2) is 60.0 Å². The Morgan fingerprint density at radius 3 is 2.88 bits per heavy atom. The van der Waals surface area contributed by atoms with Crippen molar-refractivity contribution in [2.24, 2.45) is 0 Å². The van der Waals surface area contributed by atoms with E-state index >= 15 is 0 Å². The lowest BCUT2D eigenvalue weighted by molar-refractivity contribution is -0.141. The topological polar surface area (TPSA) is 66.2 Å². The van der Waals surface area contributed by atoms with Crippen molar-refractivity contribution in [3.05, 3.63) is 65.4 Å². The standard InChI is InChI=1S/C18H16ClN3O3S/c1-24-16-8-3-2-5-13(16)10-25-17(23)11-26-18-21-20-12-22(18)15-7-4-6-14(19)9-15/h2-9,12H,10-11H2,1H3. The number of methoxy groups -OCH3 is 1. The highest BCUT2D eigenvalue weighted by Gasteiger charge is 2.12. The summed E-state index contributed by atoms with van der Waals surface area (Å²) in [4.78, 5) is 12.1. The van der Waals surface area contributed by atoms with E-state index in [1.54, 1.807) is 30.1 Å². The predicted molar refractivity (Wildman–Crippen MR) is 99.9 cm³/mol. The molecule has 0 amide bonds. The molecule has 0 aliphatic carbocycles. The number of aromatic nitrogens is 3. The first-order chi connectivity index (χ1) is 12.7. The largest absolute Gasteiger partial charge is 0.496 e. The Morgan fingerprint density at radius 2 is 2.08 bits per heavy atom. The molecule has 0 aliphatic heterocycles. The maximum Gasteiger partial charge on any atom is 0.316 e. The minimum atomic E-state index is -0.346. The number of benzene rings is 2. The molecule has 0 saturated heterocycles. The highest BCUT2D eigenvalue weighted by atomic mass is 35.5. The van der Waals surface area contributed by atoms with Gasteiger partial charge < -0.3 is 9.47 Å². The lowest BCUT2D eigenvalue weighted by Gasteiger charge is -2.09. The molecule has 0 fully saturated rings. The number of para-hydroxylation sites is 1. The highest BCUT2D eigenvalue weighted by Crippen LogP contribution is 2.22. The van der Waals surface area contributed by atoms with Crippen molar-refractivity contribution in [1.29, 1.82) is 0 Å². The van der Waals surface area contributed by atoms with Gasteiger partial charge in [-0.2, -0.15) is 0 Å². The average molecular weight is 390 g/mol. The number of halogens is 1. The molecule has 26 heavy (non-hydrogen) atoms. The number of ether oxygens (including phenoxy) is 2. The second kappa shape index (κ2) is 8.73. The SMILES string of the molecule is COc1ccccc1COC(=O)CSc1nncn1-c1cccc(Cl)c1. The number of carbonyl (C=O) groups is 1. The molecule has 0 atom stereocenters. The van der Waals surface area contributed by atoms with Crippen molar-refractivity contribution in [1.82, 2.24) is 14.8 Å². The maximum absolute atomic E-state index is 12.1. The number of thioether (sulfide) groups is 1. The summed E-state index contributed by atoms with van der Waals surface area (Å²) >= 11 is 7.27. The van der Waals surface area contributed by atoms with Crippen molar-refractivity contribution < 1.29 is 14.3 Å². The predicted octanol–water partition coefficient (Wildman–Crippen LogP) is 3.76. The molecule has 3 rings (SSSR count). The van der Waals surface area contributed by atoms with E-state index in [-0.39, 0.29) is 18.3 Å². The fourth-order valence-electron chi connectivity index (χ4n) is 2.27. The van der Waals surface area contributed by atoms with Crippen LogP contribution in [0.1, 0.15) is 5.56 Å². The van der Waals surface area contributed by atoms with E-state index in [0.29, 0.717) is 15.9 Å². The fourth-order valence-corrected chi connectivity index (χ4v) is 3.18. The van der Waals surface area contributed by atoms with Crippen LogP contribution < -0.4 is 4.74 Å². The Hall–Kier alpha value is -2.51. The van der Waals surface area contributed by atoms with Crippen LogP contribution in [-0.2, 0) is 16.1 Å². The van der Waals surface area contributed by atoms with E-state index in [0.717, 1.165) is 11.3 Å². The van der Waals surface area contributed by atoms with Crippen LogP contribution in [0.5, 0.6) is 5.75 Å². The maximum atomic E-state index is 12.1. The first-order valence-corrected chi connectivity index (χ1v) is 9.10. The van der Waals surface area contributed by atoms with E-state index < -0.39 is 0 Å². The van der Waals surface area contributed by atoms with E-state index in [9.17, 15) is 4.79 Å². The van der Waals surface area contributed by atoms with E-state index in [2.05, 4.69) is 10.2 Å². The van der Waals surface area contributed by atoms with Crippen LogP contribution in [-0.4, -0.2) is 33.6 Å². The van der Waals surface area contributed by atoms with Crippen molar-refractivity contribution in [2.75, 3.05) is 12.9 Å². The summed E-state index contributed by atoms with van der Waals surface area (Å²) in [6, 6.07) is 14.7. The van der Waals surface area contributed by atoms with Gasteiger partial charge in [0.1, 0.15) is 18.7 Å². The normalized spacial score (nSPS) is 10.5. The molecule has 2 aromatic carbocycles. The molecule has 134 valence electrons. The molecule has 0 unspecified atom stereocenters. The molecular weight excluding hydrogens is 374 g/mol. The fraction of sp³-hybridized carbons (Fsp3) is 0.167. The summed E-state index contributed by atoms with van der Waals surface area (Å²) in [5.41, 5.74) is 1.64. The van der Waals surface area contributed by atoms with Gasteiger partial charge in [-0.1, -0.05) is 47.6 Å². The van der Waals surface area contributed by atoms with Gasteiger partial charge in [0.25, 0.3) is 0 Å². The zero-order valence-electron chi connectivity index (χ0n) is 14.0. The molecule has 6 nitrogen and oxygen atoms in total. The number of carbonyl (C=O) groups excluding carboxylic acids is 1. The summed E-state index contributed by atoms with van der Waals surface area (Å²) in [5, 5.41) is 9.15. The summed E-state index contributed by atoms with van der Waals surface area (Å²) in [6.07, 6.45) is 1.58. The highest BCUT2D eigenvalue weighted by molar-refractivity contribution is 7.99. The van der Waals surface area contributed by atoms with Crippen molar-refractivity contribution in [2.45, 2.75) is 11.8 Å². The Kier molecular flexibility index (Phi) is 6.14. The van der Waals surface area contributed by atoms with Gasteiger partial charge in [0, 0.05) is 10.6 Å². The molecule has 8 heteroatoms. The van der Waals surface area contributed by atoms with Crippen LogP contribution in [0, 0.1) is 0 Å². The lowest BCUT2D eigenvalue weighted by atomic mass is 10.2. The van der Waals surface area contributed by atoms with Gasteiger partial charge in [0.2, 0.25) is 0 Å². The van der Waals surface area contributed by atoms with Gasteiger partial charge in [0.15, 0.2) is 5.16 Å². The van der Waals surface area contributed by atoms with Crippen LogP contribution >= 0.6 is 23.4 Å². The van der Waals surface area contributed by atoms with Gasteiger partial charge in [-0.25, -0.2) is 0 Å². The lowest BCUT2D eigenvalue weighted by Crippen LogP contribution is -2.08. The van der Waals surface area contributed by atoms with Gasteiger partial charge in [0.05, 0.1) is 18.6 Å². The van der Waals surface area contributed by atoms with Crippen molar-refractivity contribution in [3.8, 4) is 11.4 Å². The van der Waals surface area contributed by atoms with Crippen LogP contribution in [0.3, 0.4) is 0 Å². The summed E-state index contributed by atoms with van der Waals surface area (Å²) in [7, 11) is 1.58. The minimum absolute atomic E-state index is 0.119. The molecule has 0 spiro atoms. The first-order valence-electron chi connectivity index (χ1n) is 7.73. The molecule has 1 aromatic heterocycles. The summed E-state index contributed by atoms with van der Waals surface area (Å²) < 4.78 is 12.3. The molecule has 0 radical (unpaired) electrons. The molecular formula is C18H16ClN3O3S. The van der Waals surface area contributed by atoms with E-state index in [1.165, 1.54) is 11.8 Å². The Balaban J connectivity index is 1.58. The van der Waals surface area contributed by atoms with Crippen LogP contribution in [0.25, 0.3) is 5.69 Å². The number of hydrogen-bond donors (Lipinski definition) is 0. The monoisotopic (exact) mass is 389 g/mol. The third-order valence-electron chi connectivity index (χ3n) is 3.50. The smallest absolute Gasteiger partial charge is 0.316 e. The molecule has 0 saturated carbocycles. The molecule has 0 N–H and O–H groups in total. The Bertz CT molecular complexity index is 901. The van der Waals surface area contributed by atoms with Gasteiger partial charge in [-0.3, -0.25) is 9.36 Å². The summed E-state index contributed by atoms with van der Waals surface area (Å²) in [6.45, 7) is 0.157. The quantitative estimate of drug-likeness (QED) is 0.452. The van der Waals surface area contributed by atoms with Crippen molar-refractivity contribution >= 4 is 29.3 Å². The van der Waals surface area contributed by atoms with Gasteiger partial charge in [-0.05, 0) is 24.3 Å². The molecule has 1 heterocycles. The third kappa shape index (κ3) is 4.56. The summed E-state index contributed by atoms with van der Waals surface area (Å²) in [5.74, 6) is 0.462. The average Bonchev–Trinajstić information content (AvgIpc) is 3.13. The molecule has 0 bridgehead atoms. The second-order valence-electron chi connectivity index (χ2n) is 5.22. The third-order valence-corrected chi connectivity index (χ3v) is 4.65. The van der Waals surface area contributed by atoms with Crippen molar-refractivity contribution in [3.63, 3.8) is 0 Å². The van der Waals surface area contributed by atoms with Gasteiger partial charge in [-0.15, -0.1) is 10.2 Å². The molecule has 0 aliphatic rings. The zero-order chi connectivity index (χ0) is 18.4. The second-order valence-corrected chi connectivity index (χ2v) is 6.60. The minimum Gasteiger partial charge on any atom is -0.496 e. The van der Waals surface area contributed by atoms with Crippen LogP contribution in [0.2, 0.25) is 5.02 Å². The number of esters is 1. The number of hydrogen-bond acceptors (Lipinski definition) is 6. The van der Waals surface area contributed by atoms with Gasteiger partial charge >= 0.3 is 5.97 Å². The van der Waals surface area contributed by atoms with E-state index in [4.69, 9.17) is 21.1 Å². The van der Waals surface area contributed by atoms with Crippen LogP contribution in [0.4, 0.5) is 0 Å². The first kappa shape index (κ1) is 18.3.